The highest BCUT2D eigenvalue weighted by Gasteiger charge is 2.23. The number of nitrogens with two attached hydrogens (primary N) is 1. The number of hydrogen-bond donors (Lipinski definition) is 2. The van der Waals surface area contributed by atoms with Gasteiger partial charge in [0.1, 0.15) is 18.0 Å². The van der Waals surface area contributed by atoms with E-state index in [4.69, 9.17) is 10.5 Å². The number of amides is 1. The van der Waals surface area contributed by atoms with E-state index in [1.165, 1.54) is 24.3 Å². The van der Waals surface area contributed by atoms with Crippen molar-refractivity contribution in [3.63, 3.8) is 0 Å². The first-order valence-corrected chi connectivity index (χ1v) is 5.94. The topological polar surface area (TPSA) is 72.5 Å². The van der Waals surface area contributed by atoms with Crippen LogP contribution in [0.25, 0.3) is 0 Å². The van der Waals surface area contributed by atoms with Crippen molar-refractivity contribution in [2.75, 3.05) is 0 Å². The fourth-order valence-electron chi connectivity index (χ4n) is 1.71. The number of aliphatic hydroxyl groups excluding tert-OH is 1. The van der Waals surface area contributed by atoms with Gasteiger partial charge in [0, 0.05) is 0 Å². The molecule has 0 heterocycles. The van der Waals surface area contributed by atoms with Gasteiger partial charge in [-0.25, -0.2) is 9.18 Å². The Bertz CT molecular complexity index is 380. The molecular formula is C13H18FNO3. The highest BCUT2D eigenvalue weighted by atomic mass is 19.1. The van der Waals surface area contributed by atoms with Crippen molar-refractivity contribution < 1.29 is 19.0 Å². The number of halogens is 1. The van der Waals surface area contributed by atoms with Crippen LogP contribution in [0, 0.1) is 5.82 Å². The molecule has 4 nitrogen and oxygen atoms in total. The number of rotatable bonds is 6. The van der Waals surface area contributed by atoms with Crippen molar-refractivity contribution in [3.05, 3.63) is 35.6 Å². The molecule has 0 aliphatic carbocycles. The monoisotopic (exact) mass is 255 g/mol. The number of carbonyl (C=O) groups excluding carboxylic acids is 1. The van der Waals surface area contributed by atoms with Gasteiger partial charge < -0.3 is 15.6 Å². The van der Waals surface area contributed by atoms with Crippen molar-refractivity contribution >= 4 is 6.09 Å². The predicted octanol–water partition coefficient (Wildman–Crippen LogP) is 2.51. The molecule has 1 aromatic rings. The Morgan fingerprint density at radius 1 is 1.44 bits per heavy atom. The molecule has 1 amide bonds. The van der Waals surface area contributed by atoms with Crippen LogP contribution in [-0.4, -0.2) is 17.3 Å². The molecule has 0 aromatic heterocycles. The SMILES string of the molecule is CCCC[C@@H](OC(N)=O)[C@H](O)c1ccc(F)cc1. The van der Waals surface area contributed by atoms with E-state index in [0.717, 1.165) is 12.8 Å². The van der Waals surface area contributed by atoms with Crippen LogP contribution in [0.4, 0.5) is 9.18 Å². The number of primary amides is 1. The van der Waals surface area contributed by atoms with Crippen LogP contribution >= 0.6 is 0 Å². The summed E-state index contributed by atoms with van der Waals surface area (Å²) in [6, 6.07) is 5.42. The lowest BCUT2D eigenvalue weighted by Crippen LogP contribution is -2.28. The molecule has 2 atom stereocenters. The second-order valence-corrected chi connectivity index (χ2v) is 4.11. The normalized spacial score (nSPS) is 13.9. The molecule has 100 valence electrons. The number of benzene rings is 1. The summed E-state index contributed by atoms with van der Waals surface area (Å²) in [6.45, 7) is 1.99. The van der Waals surface area contributed by atoms with Gasteiger partial charge in [0.05, 0.1) is 0 Å². The number of aliphatic hydroxyl groups is 1. The average Bonchev–Trinajstić information content (AvgIpc) is 2.34. The fourth-order valence-corrected chi connectivity index (χ4v) is 1.71. The van der Waals surface area contributed by atoms with E-state index < -0.39 is 18.3 Å². The van der Waals surface area contributed by atoms with Crippen molar-refractivity contribution in [2.45, 2.75) is 38.4 Å². The molecule has 0 saturated heterocycles. The molecule has 0 spiro atoms. The molecular weight excluding hydrogens is 237 g/mol. The minimum Gasteiger partial charge on any atom is -0.443 e. The first kappa shape index (κ1) is 14.4. The number of carbonyl (C=O) groups is 1. The molecule has 18 heavy (non-hydrogen) atoms. The van der Waals surface area contributed by atoms with Gasteiger partial charge in [0.15, 0.2) is 0 Å². The second kappa shape index (κ2) is 6.96. The van der Waals surface area contributed by atoms with Crippen LogP contribution in [-0.2, 0) is 4.74 Å². The van der Waals surface area contributed by atoms with Crippen LogP contribution in [0.3, 0.4) is 0 Å². The number of unbranched alkanes of at least 4 members (excludes halogenated alkanes) is 1. The Labute approximate surface area is 106 Å². The summed E-state index contributed by atoms with van der Waals surface area (Å²) in [6.07, 6.45) is -0.391. The van der Waals surface area contributed by atoms with Gasteiger partial charge in [-0.2, -0.15) is 0 Å². The smallest absolute Gasteiger partial charge is 0.404 e. The van der Waals surface area contributed by atoms with Crippen molar-refractivity contribution in [1.29, 1.82) is 0 Å². The van der Waals surface area contributed by atoms with Crippen LogP contribution in [0.1, 0.15) is 37.9 Å². The van der Waals surface area contributed by atoms with E-state index in [0.29, 0.717) is 12.0 Å². The summed E-state index contributed by atoms with van der Waals surface area (Å²) < 4.78 is 17.7. The Morgan fingerprint density at radius 2 is 2.06 bits per heavy atom. The Balaban J connectivity index is 2.76. The molecule has 0 unspecified atom stereocenters. The van der Waals surface area contributed by atoms with Gasteiger partial charge in [-0.1, -0.05) is 25.5 Å². The third kappa shape index (κ3) is 4.33. The Hall–Kier alpha value is -1.62. The van der Waals surface area contributed by atoms with Gasteiger partial charge >= 0.3 is 6.09 Å². The van der Waals surface area contributed by atoms with E-state index in [9.17, 15) is 14.3 Å². The van der Waals surface area contributed by atoms with Crippen molar-refractivity contribution in [3.8, 4) is 0 Å². The van der Waals surface area contributed by atoms with Crippen molar-refractivity contribution in [2.24, 2.45) is 5.73 Å². The molecule has 1 aromatic carbocycles. The lowest BCUT2D eigenvalue weighted by Gasteiger charge is -2.22. The molecule has 3 N–H and O–H groups in total. The minimum absolute atomic E-state index is 0.383. The van der Waals surface area contributed by atoms with E-state index in [1.54, 1.807) is 0 Å². The molecule has 0 saturated carbocycles. The van der Waals surface area contributed by atoms with Crippen LogP contribution < -0.4 is 5.73 Å². The van der Waals surface area contributed by atoms with E-state index in [1.807, 2.05) is 6.92 Å². The first-order chi connectivity index (χ1) is 8.54. The third-order valence-electron chi connectivity index (χ3n) is 2.67. The lowest BCUT2D eigenvalue weighted by molar-refractivity contribution is -0.000325. The largest absolute Gasteiger partial charge is 0.443 e. The van der Waals surface area contributed by atoms with Gasteiger partial charge in [-0.15, -0.1) is 0 Å². The summed E-state index contributed by atoms with van der Waals surface area (Å²) in [5.41, 5.74) is 5.47. The van der Waals surface area contributed by atoms with E-state index in [-0.39, 0.29) is 5.82 Å². The Morgan fingerprint density at radius 3 is 2.56 bits per heavy atom. The van der Waals surface area contributed by atoms with E-state index in [2.05, 4.69) is 0 Å². The van der Waals surface area contributed by atoms with Gasteiger partial charge in [0.2, 0.25) is 0 Å². The molecule has 5 heteroatoms. The van der Waals surface area contributed by atoms with Gasteiger partial charge in [0.25, 0.3) is 0 Å². The highest BCUT2D eigenvalue weighted by molar-refractivity contribution is 5.64. The summed E-state index contributed by atoms with van der Waals surface area (Å²) in [5, 5.41) is 10.1. The predicted molar refractivity (Wildman–Crippen MR) is 65.3 cm³/mol. The Kier molecular flexibility index (Phi) is 5.58. The molecule has 0 fully saturated rings. The number of ether oxygens (including phenoxy) is 1. The molecule has 0 aliphatic rings. The first-order valence-electron chi connectivity index (χ1n) is 5.94. The average molecular weight is 255 g/mol. The summed E-state index contributed by atoms with van der Waals surface area (Å²) in [7, 11) is 0. The van der Waals surface area contributed by atoms with Crippen molar-refractivity contribution in [1.82, 2.24) is 0 Å². The molecule has 0 aliphatic heterocycles. The zero-order valence-corrected chi connectivity index (χ0v) is 10.3. The standard InChI is InChI=1S/C13H18FNO3/c1-2-3-4-11(18-13(15)17)12(16)9-5-7-10(14)8-6-9/h5-8,11-12,16H,2-4H2,1H3,(H2,15,17)/t11-,12-/m1/s1. The lowest BCUT2D eigenvalue weighted by atomic mass is 10.00. The minimum atomic E-state index is -0.996. The highest BCUT2D eigenvalue weighted by Crippen LogP contribution is 2.23. The summed E-state index contributed by atoms with van der Waals surface area (Å²) in [5.74, 6) is -0.383. The van der Waals surface area contributed by atoms with Crippen LogP contribution in [0.15, 0.2) is 24.3 Å². The van der Waals surface area contributed by atoms with Gasteiger partial charge in [-0.3, -0.25) is 0 Å². The maximum Gasteiger partial charge on any atom is 0.404 e. The zero-order valence-electron chi connectivity index (χ0n) is 10.3. The quantitative estimate of drug-likeness (QED) is 0.820. The summed E-state index contributed by atoms with van der Waals surface area (Å²) >= 11 is 0. The molecule has 0 radical (unpaired) electrons. The van der Waals surface area contributed by atoms with Gasteiger partial charge in [-0.05, 0) is 30.5 Å². The third-order valence-corrected chi connectivity index (χ3v) is 2.67. The van der Waals surface area contributed by atoms with Crippen LogP contribution in [0.2, 0.25) is 0 Å². The molecule has 0 bridgehead atoms. The van der Waals surface area contributed by atoms with Crippen LogP contribution in [0.5, 0.6) is 0 Å². The number of hydrogen-bond acceptors (Lipinski definition) is 3. The zero-order chi connectivity index (χ0) is 13.5. The van der Waals surface area contributed by atoms with E-state index >= 15 is 0 Å². The summed E-state index contributed by atoms with van der Waals surface area (Å²) in [4.78, 5) is 10.8. The molecule has 1 rings (SSSR count). The maximum atomic E-state index is 12.8. The second-order valence-electron chi connectivity index (χ2n) is 4.11. The maximum absolute atomic E-state index is 12.8. The fraction of sp³-hybridized carbons (Fsp3) is 0.462.